The molecule has 1 atom stereocenters. The van der Waals surface area contributed by atoms with Crippen molar-refractivity contribution in [1.82, 2.24) is 4.90 Å². The molecule has 0 aromatic heterocycles. The standard InChI is InChI=1S/C16H26N2O3.ClH/c1-12(2)11-13(17)16(19)18(3)9-10-21-15-8-6-5-7-14(15)20-4;/h5-8,12-13H,9-11,17H2,1-4H3;1H/t13-;/m0./s1. The highest BCUT2D eigenvalue weighted by Gasteiger charge is 2.18. The number of benzene rings is 1. The van der Waals surface area contributed by atoms with Crippen LogP contribution < -0.4 is 15.2 Å². The Kier molecular flexibility index (Phi) is 9.61. The number of likely N-dealkylation sites (N-methyl/N-ethyl adjacent to an activating group) is 1. The molecule has 0 unspecified atom stereocenters. The number of carbonyl (C=O) groups is 1. The third-order valence-electron chi connectivity index (χ3n) is 3.17. The minimum atomic E-state index is -0.443. The predicted molar refractivity (Wildman–Crippen MR) is 90.8 cm³/mol. The summed E-state index contributed by atoms with van der Waals surface area (Å²) in [6, 6.07) is 6.99. The second kappa shape index (κ2) is 10.3. The van der Waals surface area contributed by atoms with Crippen molar-refractivity contribution in [1.29, 1.82) is 0 Å². The lowest BCUT2D eigenvalue weighted by Gasteiger charge is -2.22. The van der Waals surface area contributed by atoms with E-state index in [9.17, 15) is 4.79 Å². The lowest BCUT2D eigenvalue weighted by Crippen LogP contribution is -2.43. The van der Waals surface area contributed by atoms with E-state index in [0.29, 0.717) is 37.0 Å². The molecule has 0 aliphatic rings. The molecule has 2 N–H and O–H groups in total. The van der Waals surface area contributed by atoms with Gasteiger partial charge in [0, 0.05) is 7.05 Å². The van der Waals surface area contributed by atoms with Crippen molar-refractivity contribution < 1.29 is 14.3 Å². The van der Waals surface area contributed by atoms with Gasteiger partial charge in [0.15, 0.2) is 11.5 Å². The molecule has 0 spiro atoms. The molecule has 0 heterocycles. The van der Waals surface area contributed by atoms with E-state index in [4.69, 9.17) is 15.2 Å². The molecule has 0 saturated carbocycles. The fourth-order valence-electron chi connectivity index (χ4n) is 2.03. The maximum atomic E-state index is 12.1. The van der Waals surface area contributed by atoms with E-state index in [1.54, 1.807) is 19.1 Å². The minimum absolute atomic E-state index is 0. The van der Waals surface area contributed by atoms with Gasteiger partial charge in [-0.25, -0.2) is 0 Å². The fraction of sp³-hybridized carbons (Fsp3) is 0.562. The molecule has 1 amide bonds. The summed E-state index contributed by atoms with van der Waals surface area (Å²) in [5, 5.41) is 0. The number of halogens is 1. The third-order valence-corrected chi connectivity index (χ3v) is 3.17. The average Bonchev–Trinajstić information content (AvgIpc) is 2.46. The average molecular weight is 331 g/mol. The van der Waals surface area contributed by atoms with Crippen LogP contribution in [0.15, 0.2) is 24.3 Å². The largest absolute Gasteiger partial charge is 0.493 e. The van der Waals surface area contributed by atoms with Crippen LogP contribution in [0.1, 0.15) is 20.3 Å². The number of para-hydroxylation sites is 2. The van der Waals surface area contributed by atoms with Crippen LogP contribution >= 0.6 is 12.4 Å². The maximum Gasteiger partial charge on any atom is 0.239 e. The highest BCUT2D eigenvalue weighted by molar-refractivity contribution is 5.85. The molecule has 0 saturated heterocycles. The van der Waals surface area contributed by atoms with Gasteiger partial charge in [-0.15, -0.1) is 12.4 Å². The molecule has 0 aliphatic heterocycles. The molecular weight excluding hydrogens is 304 g/mol. The summed E-state index contributed by atoms with van der Waals surface area (Å²) in [7, 11) is 3.34. The quantitative estimate of drug-likeness (QED) is 0.794. The maximum absolute atomic E-state index is 12.1. The van der Waals surface area contributed by atoms with Crippen molar-refractivity contribution in [3.05, 3.63) is 24.3 Å². The first-order valence-corrected chi connectivity index (χ1v) is 7.22. The topological polar surface area (TPSA) is 64.8 Å². The van der Waals surface area contributed by atoms with Gasteiger partial charge in [0.25, 0.3) is 0 Å². The van der Waals surface area contributed by atoms with E-state index in [0.717, 1.165) is 0 Å². The van der Waals surface area contributed by atoms with Crippen LogP contribution in [-0.4, -0.2) is 44.2 Å². The molecule has 22 heavy (non-hydrogen) atoms. The summed E-state index contributed by atoms with van der Waals surface area (Å²) in [5.41, 5.74) is 5.90. The number of hydrogen-bond donors (Lipinski definition) is 1. The second-order valence-electron chi connectivity index (χ2n) is 5.50. The molecule has 1 rings (SSSR count). The van der Waals surface area contributed by atoms with Gasteiger partial charge in [0.05, 0.1) is 19.7 Å². The van der Waals surface area contributed by atoms with E-state index in [1.807, 2.05) is 24.3 Å². The first kappa shape index (κ1) is 20.5. The second-order valence-corrected chi connectivity index (χ2v) is 5.50. The van der Waals surface area contributed by atoms with Gasteiger partial charge in [-0.2, -0.15) is 0 Å². The zero-order chi connectivity index (χ0) is 15.8. The predicted octanol–water partition coefficient (Wildman–Crippen LogP) is 2.33. The summed E-state index contributed by atoms with van der Waals surface area (Å²) in [4.78, 5) is 13.7. The number of nitrogens with zero attached hydrogens (tertiary/aromatic N) is 1. The van der Waals surface area contributed by atoms with Gasteiger partial charge in [0.2, 0.25) is 5.91 Å². The molecule has 1 aromatic rings. The van der Waals surface area contributed by atoms with Crippen molar-refractivity contribution in [3.63, 3.8) is 0 Å². The zero-order valence-corrected chi connectivity index (χ0v) is 14.6. The smallest absolute Gasteiger partial charge is 0.239 e. The van der Waals surface area contributed by atoms with Crippen LogP contribution in [0.4, 0.5) is 0 Å². The van der Waals surface area contributed by atoms with E-state index in [-0.39, 0.29) is 18.3 Å². The van der Waals surface area contributed by atoms with Crippen molar-refractivity contribution in [3.8, 4) is 11.5 Å². The number of amides is 1. The van der Waals surface area contributed by atoms with Crippen molar-refractivity contribution in [2.45, 2.75) is 26.3 Å². The minimum Gasteiger partial charge on any atom is -0.493 e. The fourth-order valence-corrected chi connectivity index (χ4v) is 2.03. The first-order valence-electron chi connectivity index (χ1n) is 7.22. The van der Waals surface area contributed by atoms with Gasteiger partial charge >= 0.3 is 0 Å². The molecule has 0 bridgehead atoms. The lowest BCUT2D eigenvalue weighted by atomic mass is 10.0. The lowest BCUT2D eigenvalue weighted by molar-refractivity contribution is -0.131. The number of rotatable bonds is 8. The zero-order valence-electron chi connectivity index (χ0n) is 13.7. The molecule has 126 valence electrons. The third kappa shape index (κ3) is 6.54. The number of nitrogens with two attached hydrogens (primary N) is 1. The van der Waals surface area contributed by atoms with Crippen molar-refractivity contribution in [2.24, 2.45) is 11.7 Å². The van der Waals surface area contributed by atoms with Gasteiger partial charge in [-0.05, 0) is 24.5 Å². The monoisotopic (exact) mass is 330 g/mol. The van der Waals surface area contributed by atoms with Crippen molar-refractivity contribution >= 4 is 18.3 Å². The molecule has 0 aliphatic carbocycles. The first-order chi connectivity index (χ1) is 9.95. The number of methoxy groups -OCH3 is 1. The van der Waals surface area contributed by atoms with Gasteiger partial charge in [-0.3, -0.25) is 4.79 Å². The van der Waals surface area contributed by atoms with Gasteiger partial charge in [-0.1, -0.05) is 26.0 Å². The molecule has 0 radical (unpaired) electrons. The summed E-state index contributed by atoms with van der Waals surface area (Å²) < 4.78 is 10.9. The number of ether oxygens (including phenoxy) is 2. The molecular formula is C16H27ClN2O3. The Balaban J connectivity index is 0.00000441. The Morgan fingerprint density at radius 2 is 1.86 bits per heavy atom. The Morgan fingerprint density at radius 1 is 1.27 bits per heavy atom. The van der Waals surface area contributed by atoms with Gasteiger partial charge < -0.3 is 20.1 Å². The Bertz CT molecular complexity index is 455. The normalized spacial score (nSPS) is 11.5. The van der Waals surface area contributed by atoms with Crippen LogP contribution in [0.3, 0.4) is 0 Å². The highest BCUT2D eigenvalue weighted by atomic mass is 35.5. The van der Waals surface area contributed by atoms with Crippen LogP contribution in [0.25, 0.3) is 0 Å². The number of carbonyl (C=O) groups excluding carboxylic acids is 1. The molecule has 5 nitrogen and oxygen atoms in total. The summed E-state index contributed by atoms with van der Waals surface area (Å²) >= 11 is 0. The van der Waals surface area contributed by atoms with Crippen LogP contribution in [0.5, 0.6) is 11.5 Å². The summed E-state index contributed by atoms with van der Waals surface area (Å²) in [5.74, 6) is 1.71. The van der Waals surface area contributed by atoms with Crippen molar-refractivity contribution in [2.75, 3.05) is 27.3 Å². The molecule has 6 heteroatoms. The van der Waals surface area contributed by atoms with E-state index < -0.39 is 6.04 Å². The van der Waals surface area contributed by atoms with Gasteiger partial charge in [0.1, 0.15) is 6.61 Å². The summed E-state index contributed by atoms with van der Waals surface area (Å²) in [6.45, 7) is 5.00. The Labute approximate surface area is 139 Å². The molecule has 1 aromatic carbocycles. The molecule has 0 fully saturated rings. The van der Waals surface area contributed by atoms with Crippen LogP contribution in [-0.2, 0) is 4.79 Å². The van der Waals surface area contributed by atoms with Crippen LogP contribution in [0.2, 0.25) is 0 Å². The summed E-state index contributed by atoms with van der Waals surface area (Å²) in [6.07, 6.45) is 0.691. The highest BCUT2D eigenvalue weighted by Crippen LogP contribution is 2.25. The van der Waals surface area contributed by atoms with E-state index >= 15 is 0 Å². The number of hydrogen-bond acceptors (Lipinski definition) is 4. The van der Waals surface area contributed by atoms with Crippen LogP contribution in [0, 0.1) is 5.92 Å². The van der Waals surface area contributed by atoms with E-state index in [2.05, 4.69) is 13.8 Å². The SMILES string of the molecule is COc1ccccc1OCCN(C)C(=O)[C@@H](N)CC(C)C.Cl. The Hall–Kier alpha value is -1.46. The Morgan fingerprint density at radius 3 is 2.41 bits per heavy atom. The van der Waals surface area contributed by atoms with E-state index in [1.165, 1.54) is 0 Å².